The molecule has 0 spiro atoms. The van der Waals surface area contributed by atoms with Crippen molar-refractivity contribution in [3.8, 4) is 0 Å². The van der Waals surface area contributed by atoms with Gasteiger partial charge in [-0.3, -0.25) is 4.90 Å². The molecular weight excluding hydrogens is 208 g/mol. The van der Waals surface area contributed by atoms with Crippen molar-refractivity contribution < 1.29 is 0 Å². The maximum absolute atomic E-state index is 6.15. The second kappa shape index (κ2) is 5.71. The Hall–Kier alpha value is -0.0800. The Labute approximate surface area is 107 Å². The summed E-state index contributed by atoms with van der Waals surface area (Å²) in [7, 11) is 0. The number of likely N-dealkylation sites (tertiary alicyclic amines) is 1. The third-order valence-electron chi connectivity index (χ3n) is 5.14. The Bertz CT molecular complexity index is 229. The van der Waals surface area contributed by atoms with Gasteiger partial charge in [-0.25, -0.2) is 0 Å². The summed E-state index contributed by atoms with van der Waals surface area (Å²) < 4.78 is 0. The zero-order chi connectivity index (χ0) is 12.4. The molecule has 2 heteroatoms. The topological polar surface area (TPSA) is 29.3 Å². The van der Waals surface area contributed by atoms with Gasteiger partial charge in [0, 0.05) is 25.2 Å². The second-order valence-corrected chi connectivity index (χ2v) is 6.76. The Kier molecular flexibility index (Phi) is 4.48. The van der Waals surface area contributed by atoms with E-state index in [0.717, 1.165) is 24.4 Å². The third-order valence-corrected chi connectivity index (χ3v) is 5.14. The van der Waals surface area contributed by atoms with Gasteiger partial charge in [0.15, 0.2) is 0 Å². The van der Waals surface area contributed by atoms with Crippen molar-refractivity contribution in [2.45, 2.75) is 65.0 Å². The zero-order valence-electron chi connectivity index (χ0n) is 11.9. The normalized spacial score (nSPS) is 40.8. The maximum Gasteiger partial charge on any atom is 0.0206 e. The lowest BCUT2D eigenvalue weighted by molar-refractivity contribution is 0.210. The van der Waals surface area contributed by atoms with E-state index in [0.29, 0.717) is 12.0 Å². The van der Waals surface area contributed by atoms with Gasteiger partial charge in [-0.05, 0) is 37.0 Å². The summed E-state index contributed by atoms with van der Waals surface area (Å²) in [5.41, 5.74) is 6.15. The molecule has 1 saturated heterocycles. The highest BCUT2D eigenvalue weighted by Gasteiger charge is 2.32. The monoisotopic (exact) mass is 238 g/mol. The fourth-order valence-corrected chi connectivity index (χ4v) is 3.67. The van der Waals surface area contributed by atoms with E-state index in [9.17, 15) is 0 Å². The first kappa shape index (κ1) is 13.4. The molecule has 2 N–H and O–H groups in total. The number of nitrogens with two attached hydrogens (primary N) is 1. The Morgan fingerprint density at radius 2 is 1.82 bits per heavy atom. The summed E-state index contributed by atoms with van der Waals surface area (Å²) in [4.78, 5) is 2.68. The minimum atomic E-state index is 0.416. The minimum absolute atomic E-state index is 0.416. The molecule has 4 atom stereocenters. The highest BCUT2D eigenvalue weighted by atomic mass is 15.2. The van der Waals surface area contributed by atoms with E-state index >= 15 is 0 Å². The molecule has 0 aromatic carbocycles. The van der Waals surface area contributed by atoms with Crippen LogP contribution in [0, 0.1) is 17.8 Å². The molecule has 1 aliphatic heterocycles. The molecule has 0 bridgehead atoms. The fraction of sp³-hybridized carbons (Fsp3) is 1.00. The predicted octanol–water partition coefficient (Wildman–Crippen LogP) is 2.87. The quantitative estimate of drug-likeness (QED) is 0.750. The van der Waals surface area contributed by atoms with Crippen LogP contribution in [0.4, 0.5) is 0 Å². The molecule has 0 radical (unpaired) electrons. The summed E-state index contributed by atoms with van der Waals surface area (Å²) in [6.07, 6.45) is 7.12. The lowest BCUT2D eigenvalue weighted by Crippen LogP contribution is -2.35. The zero-order valence-corrected chi connectivity index (χ0v) is 11.9. The summed E-state index contributed by atoms with van der Waals surface area (Å²) in [5, 5.41) is 0. The molecule has 2 rings (SSSR count). The van der Waals surface area contributed by atoms with Gasteiger partial charge >= 0.3 is 0 Å². The lowest BCUT2D eigenvalue weighted by Gasteiger charge is -2.27. The first-order valence-electron chi connectivity index (χ1n) is 7.57. The first-order chi connectivity index (χ1) is 8.08. The second-order valence-electron chi connectivity index (χ2n) is 6.76. The van der Waals surface area contributed by atoms with Crippen LogP contribution in [0.3, 0.4) is 0 Å². The molecule has 2 aliphatic rings. The first-order valence-corrected chi connectivity index (χ1v) is 7.57. The fourth-order valence-electron chi connectivity index (χ4n) is 3.67. The van der Waals surface area contributed by atoms with Crippen LogP contribution in [-0.2, 0) is 0 Å². The van der Waals surface area contributed by atoms with E-state index in [1.807, 2.05) is 0 Å². The van der Waals surface area contributed by atoms with Gasteiger partial charge in [0.2, 0.25) is 0 Å². The van der Waals surface area contributed by atoms with Gasteiger partial charge in [-0.1, -0.05) is 33.6 Å². The van der Waals surface area contributed by atoms with E-state index in [2.05, 4.69) is 25.7 Å². The van der Waals surface area contributed by atoms with Gasteiger partial charge in [-0.2, -0.15) is 0 Å². The average Bonchev–Trinajstić information content (AvgIpc) is 2.54. The summed E-state index contributed by atoms with van der Waals surface area (Å²) in [5.74, 6) is 2.53. The van der Waals surface area contributed by atoms with Gasteiger partial charge in [0.05, 0.1) is 0 Å². The Balaban J connectivity index is 1.87. The lowest BCUT2D eigenvalue weighted by atomic mass is 9.89. The smallest absolute Gasteiger partial charge is 0.0206 e. The molecule has 1 saturated carbocycles. The van der Waals surface area contributed by atoms with Crippen LogP contribution in [0.25, 0.3) is 0 Å². The largest absolute Gasteiger partial charge is 0.326 e. The van der Waals surface area contributed by atoms with Crippen molar-refractivity contribution in [2.75, 3.05) is 13.1 Å². The van der Waals surface area contributed by atoms with Gasteiger partial charge in [0.25, 0.3) is 0 Å². The number of hydrogen-bond acceptors (Lipinski definition) is 2. The molecule has 17 heavy (non-hydrogen) atoms. The van der Waals surface area contributed by atoms with Crippen molar-refractivity contribution in [3.63, 3.8) is 0 Å². The van der Waals surface area contributed by atoms with Crippen molar-refractivity contribution in [2.24, 2.45) is 23.5 Å². The summed E-state index contributed by atoms with van der Waals surface area (Å²) in [6.45, 7) is 9.45. The van der Waals surface area contributed by atoms with E-state index in [-0.39, 0.29) is 0 Å². The van der Waals surface area contributed by atoms with Gasteiger partial charge in [-0.15, -0.1) is 0 Å². The van der Waals surface area contributed by atoms with Crippen LogP contribution < -0.4 is 5.73 Å². The van der Waals surface area contributed by atoms with Gasteiger partial charge in [0.1, 0.15) is 0 Å². The standard InChI is InChI=1S/C15H30N2/c1-11(2)13-5-4-6-14(8-7-13)17-9-12(3)15(16)10-17/h11-15H,4-10,16H2,1-3H3. The minimum Gasteiger partial charge on any atom is -0.326 e. The van der Waals surface area contributed by atoms with E-state index in [1.165, 1.54) is 38.6 Å². The van der Waals surface area contributed by atoms with Crippen molar-refractivity contribution in [3.05, 3.63) is 0 Å². The van der Waals surface area contributed by atoms with Crippen LogP contribution in [0.1, 0.15) is 52.9 Å². The SMILES string of the molecule is CC(C)C1CCCC(N2CC(C)C(N)C2)CC1. The number of hydrogen-bond donors (Lipinski definition) is 1. The molecular formula is C15H30N2. The van der Waals surface area contributed by atoms with Crippen LogP contribution in [0.15, 0.2) is 0 Å². The molecule has 0 aromatic rings. The van der Waals surface area contributed by atoms with Crippen LogP contribution >= 0.6 is 0 Å². The molecule has 2 fully saturated rings. The molecule has 100 valence electrons. The highest BCUT2D eigenvalue weighted by Crippen LogP contribution is 2.32. The number of rotatable bonds is 2. The number of nitrogens with zero attached hydrogens (tertiary/aromatic N) is 1. The van der Waals surface area contributed by atoms with Crippen LogP contribution in [0.5, 0.6) is 0 Å². The Morgan fingerprint density at radius 3 is 2.41 bits per heavy atom. The molecule has 1 heterocycles. The van der Waals surface area contributed by atoms with Crippen LogP contribution in [-0.4, -0.2) is 30.1 Å². The summed E-state index contributed by atoms with van der Waals surface area (Å²) >= 11 is 0. The van der Waals surface area contributed by atoms with E-state index in [4.69, 9.17) is 5.73 Å². The maximum atomic E-state index is 6.15. The third kappa shape index (κ3) is 3.23. The van der Waals surface area contributed by atoms with Crippen molar-refractivity contribution >= 4 is 0 Å². The molecule has 0 aromatic heterocycles. The molecule has 2 nitrogen and oxygen atoms in total. The van der Waals surface area contributed by atoms with E-state index in [1.54, 1.807) is 0 Å². The molecule has 0 amide bonds. The predicted molar refractivity (Wildman–Crippen MR) is 73.9 cm³/mol. The van der Waals surface area contributed by atoms with Gasteiger partial charge < -0.3 is 5.73 Å². The Morgan fingerprint density at radius 1 is 1.06 bits per heavy atom. The van der Waals surface area contributed by atoms with E-state index < -0.39 is 0 Å². The summed E-state index contributed by atoms with van der Waals surface area (Å²) in [6, 6.07) is 1.24. The van der Waals surface area contributed by atoms with Crippen molar-refractivity contribution in [1.29, 1.82) is 0 Å². The molecule has 4 unspecified atom stereocenters. The van der Waals surface area contributed by atoms with Crippen LogP contribution in [0.2, 0.25) is 0 Å². The average molecular weight is 238 g/mol. The highest BCUT2D eigenvalue weighted by molar-refractivity contribution is 4.89. The molecule has 1 aliphatic carbocycles. The van der Waals surface area contributed by atoms with Crippen molar-refractivity contribution in [1.82, 2.24) is 4.90 Å².